The van der Waals surface area contributed by atoms with Crippen LogP contribution in [-0.2, 0) is 0 Å². The number of thiophene rings is 1. The molecule has 0 unspecified atom stereocenters. The number of Topliss-reactive ketones (excluding diaryl/α,β-unsaturated/α-hetero) is 1. The first-order valence-corrected chi connectivity index (χ1v) is 7.38. The quantitative estimate of drug-likeness (QED) is 0.824. The molecule has 0 saturated carbocycles. The fraction of sp³-hybridized carbons (Fsp3) is 0.615. The van der Waals surface area contributed by atoms with Gasteiger partial charge >= 0.3 is 0 Å². The molecule has 1 aliphatic heterocycles. The Morgan fingerprint density at radius 3 is 2.58 bits per heavy atom. The topological polar surface area (TPSA) is 67.6 Å². The molecule has 1 aliphatic rings. The molecule has 1 aromatic rings. The third-order valence-corrected chi connectivity index (χ3v) is 4.31. The van der Waals surface area contributed by atoms with Gasteiger partial charge in [0.1, 0.15) is 5.00 Å². The summed E-state index contributed by atoms with van der Waals surface area (Å²) in [5.41, 5.74) is 6.57. The van der Waals surface area contributed by atoms with E-state index in [1.807, 2.05) is 13.8 Å². The Bertz CT molecular complexity index is 465. The van der Waals surface area contributed by atoms with Gasteiger partial charge in [0.25, 0.3) is 0 Å². The van der Waals surface area contributed by atoms with E-state index in [1.54, 1.807) is 6.92 Å². The van der Waals surface area contributed by atoms with Crippen molar-refractivity contribution in [2.75, 3.05) is 36.8 Å². The van der Waals surface area contributed by atoms with Crippen molar-refractivity contribution in [1.82, 2.24) is 5.32 Å². The molecule has 0 spiro atoms. The van der Waals surface area contributed by atoms with Crippen molar-refractivity contribution in [1.29, 1.82) is 0 Å². The number of ether oxygens (including phenoxy) is 1. The summed E-state index contributed by atoms with van der Waals surface area (Å²) in [6.45, 7) is 9.17. The molecule has 0 radical (unpaired) electrons. The van der Waals surface area contributed by atoms with Gasteiger partial charge in [-0.15, -0.1) is 11.3 Å². The van der Waals surface area contributed by atoms with E-state index in [9.17, 15) is 4.79 Å². The zero-order valence-corrected chi connectivity index (χ0v) is 12.5. The predicted molar refractivity (Wildman–Crippen MR) is 79.6 cm³/mol. The molecule has 3 N–H and O–H groups in total. The fourth-order valence-electron chi connectivity index (χ4n) is 2.10. The fourth-order valence-corrected chi connectivity index (χ4v) is 3.21. The van der Waals surface area contributed by atoms with Crippen molar-refractivity contribution in [3.05, 3.63) is 4.88 Å². The van der Waals surface area contributed by atoms with E-state index >= 15 is 0 Å². The van der Waals surface area contributed by atoms with Crippen LogP contribution in [0.1, 0.15) is 30.4 Å². The molecule has 5 nitrogen and oxygen atoms in total. The maximum atomic E-state index is 11.6. The van der Waals surface area contributed by atoms with Gasteiger partial charge in [0, 0.05) is 33.1 Å². The lowest BCUT2D eigenvalue weighted by molar-refractivity contribution is 0.102. The van der Waals surface area contributed by atoms with Gasteiger partial charge in [-0.1, -0.05) is 0 Å². The molecule has 19 heavy (non-hydrogen) atoms. The monoisotopic (exact) mass is 283 g/mol. The maximum absolute atomic E-state index is 11.6. The number of anilines is 2. The van der Waals surface area contributed by atoms with E-state index in [4.69, 9.17) is 10.5 Å². The molecule has 0 atom stereocenters. The van der Waals surface area contributed by atoms with Crippen molar-refractivity contribution in [2.24, 2.45) is 0 Å². The maximum Gasteiger partial charge on any atom is 0.177 e. The number of ketones is 1. The van der Waals surface area contributed by atoms with Gasteiger partial charge in [0.05, 0.1) is 16.7 Å². The summed E-state index contributed by atoms with van der Waals surface area (Å²) in [5.74, 6) is 0.671. The number of hydrogen-bond donors (Lipinski definition) is 2. The van der Waals surface area contributed by atoms with E-state index in [2.05, 4.69) is 10.2 Å². The van der Waals surface area contributed by atoms with E-state index in [0.29, 0.717) is 16.3 Å². The van der Waals surface area contributed by atoms with Gasteiger partial charge in [-0.05, 0) is 13.8 Å². The van der Waals surface area contributed by atoms with Gasteiger partial charge in [0.15, 0.2) is 11.5 Å². The summed E-state index contributed by atoms with van der Waals surface area (Å²) in [5, 5.41) is 4.30. The molecular weight excluding hydrogens is 262 g/mol. The summed E-state index contributed by atoms with van der Waals surface area (Å²) in [7, 11) is 0. The molecule has 1 saturated heterocycles. The van der Waals surface area contributed by atoms with Crippen LogP contribution >= 0.6 is 11.3 Å². The van der Waals surface area contributed by atoms with Crippen LogP contribution < -0.4 is 20.7 Å². The molecule has 106 valence electrons. The molecule has 1 aromatic heterocycles. The molecule has 1 fully saturated rings. The predicted octanol–water partition coefficient (Wildman–Crippen LogP) is 1.73. The summed E-state index contributed by atoms with van der Waals surface area (Å²) in [6, 6.07) is 0. The van der Waals surface area contributed by atoms with E-state index in [0.717, 1.165) is 31.2 Å². The average Bonchev–Trinajstić information content (AvgIpc) is 2.68. The van der Waals surface area contributed by atoms with Gasteiger partial charge in [-0.2, -0.15) is 0 Å². The van der Waals surface area contributed by atoms with Crippen LogP contribution in [0.15, 0.2) is 0 Å². The number of hydrogen-bond acceptors (Lipinski definition) is 6. The molecule has 2 heterocycles. The summed E-state index contributed by atoms with van der Waals surface area (Å²) < 4.78 is 5.83. The lowest BCUT2D eigenvalue weighted by Gasteiger charge is -2.29. The normalized spacial score (nSPS) is 15.9. The second-order valence-corrected chi connectivity index (χ2v) is 5.94. The van der Waals surface area contributed by atoms with Crippen LogP contribution in [0, 0.1) is 0 Å². The first-order chi connectivity index (χ1) is 9.00. The third-order valence-electron chi connectivity index (χ3n) is 2.96. The van der Waals surface area contributed by atoms with E-state index in [-0.39, 0.29) is 11.9 Å². The second kappa shape index (κ2) is 5.79. The Balaban J connectivity index is 2.38. The van der Waals surface area contributed by atoms with Gasteiger partial charge < -0.3 is 20.7 Å². The van der Waals surface area contributed by atoms with Crippen molar-refractivity contribution in [3.63, 3.8) is 0 Å². The first-order valence-electron chi connectivity index (χ1n) is 6.56. The number of carbonyl (C=O) groups is 1. The number of rotatable bonds is 4. The molecule has 2 rings (SSSR count). The molecule has 0 aliphatic carbocycles. The van der Waals surface area contributed by atoms with Crippen LogP contribution in [0.5, 0.6) is 5.75 Å². The lowest BCUT2D eigenvalue weighted by atomic mass is 10.3. The molecular formula is C13H21N3O2S. The molecule has 0 amide bonds. The summed E-state index contributed by atoms with van der Waals surface area (Å²) in [4.78, 5) is 14.5. The minimum Gasteiger partial charge on any atom is -0.486 e. The summed E-state index contributed by atoms with van der Waals surface area (Å²) >= 11 is 1.44. The third kappa shape index (κ3) is 3.01. The zero-order valence-electron chi connectivity index (χ0n) is 11.7. The Kier molecular flexibility index (Phi) is 4.31. The van der Waals surface area contributed by atoms with E-state index < -0.39 is 0 Å². The molecule has 6 heteroatoms. The first kappa shape index (κ1) is 14.1. The number of carbonyl (C=O) groups excluding carboxylic acids is 1. The van der Waals surface area contributed by atoms with Crippen molar-refractivity contribution in [3.8, 4) is 5.75 Å². The SMILES string of the molecule is CC(=O)c1sc(N2CCNCC2)c(OC(C)C)c1N. The number of nitrogen functional groups attached to an aromatic ring is 1. The minimum absolute atomic E-state index is 0.00232. The van der Waals surface area contributed by atoms with Crippen LogP contribution in [0.25, 0.3) is 0 Å². The zero-order chi connectivity index (χ0) is 14.0. The number of nitrogens with one attached hydrogen (secondary N) is 1. The van der Waals surface area contributed by atoms with Gasteiger partial charge in [0.2, 0.25) is 0 Å². The standard InChI is InChI=1S/C13H21N3O2S/c1-8(2)18-11-10(14)12(9(3)17)19-13(11)16-6-4-15-5-7-16/h8,15H,4-7,14H2,1-3H3. The van der Waals surface area contributed by atoms with Crippen molar-refractivity contribution in [2.45, 2.75) is 26.9 Å². The van der Waals surface area contributed by atoms with Crippen LogP contribution in [0.3, 0.4) is 0 Å². The van der Waals surface area contributed by atoms with E-state index in [1.165, 1.54) is 11.3 Å². The average molecular weight is 283 g/mol. The largest absolute Gasteiger partial charge is 0.486 e. The Hall–Kier alpha value is -1.27. The van der Waals surface area contributed by atoms with Crippen molar-refractivity contribution >= 4 is 27.8 Å². The minimum atomic E-state index is -0.00232. The smallest absolute Gasteiger partial charge is 0.177 e. The highest BCUT2D eigenvalue weighted by molar-refractivity contribution is 7.19. The molecule has 0 aromatic carbocycles. The van der Waals surface area contributed by atoms with Crippen molar-refractivity contribution < 1.29 is 9.53 Å². The Labute approximate surface area is 117 Å². The number of nitrogens with two attached hydrogens (primary N) is 1. The highest BCUT2D eigenvalue weighted by Gasteiger charge is 2.25. The lowest BCUT2D eigenvalue weighted by Crippen LogP contribution is -2.43. The van der Waals surface area contributed by atoms with Crippen LogP contribution in [0.2, 0.25) is 0 Å². The van der Waals surface area contributed by atoms with Gasteiger partial charge in [-0.25, -0.2) is 0 Å². The van der Waals surface area contributed by atoms with Crippen LogP contribution in [0.4, 0.5) is 10.7 Å². The highest BCUT2D eigenvalue weighted by atomic mass is 32.1. The number of piperazine rings is 1. The number of nitrogens with zero attached hydrogens (tertiary/aromatic N) is 1. The Morgan fingerprint density at radius 1 is 1.42 bits per heavy atom. The van der Waals surface area contributed by atoms with Gasteiger partial charge in [-0.3, -0.25) is 4.79 Å². The second-order valence-electron chi connectivity index (χ2n) is 4.94. The Morgan fingerprint density at radius 2 is 2.05 bits per heavy atom. The van der Waals surface area contributed by atoms with Crippen LogP contribution in [-0.4, -0.2) is 38.1 Å². The molecule has 0 bridgehead atoms. The highest BCUT2D eigenvalue weighted by Crippen LogP contribution is 2.45. The summed E-state index contributed by atoms with van der Waals surface area (Å²) in [6.07, 6.45) is 0.0402.